The van der Waals surface area contributed by atoms with Gasteiger partial charge in [0.2, 0.25) is 0 Å². The van der Waals surface area contributed by atoms with Gasteiger partial charge in [-0.05, 0) is 93.6 Å². The standard InChI is InChI=1S/C30H41NO3/c1-23(32)27-14-15-28(29(22-27)33-2)34-21-9-18-31-19-16-26(17-20-31)30(24-10-5-3-6-11-24)25-12-7-4-8-13-25/h3,5-6,10-11,14-15,22,25-26,30H,4,7-9,12-13,16-21H2,1-2H3. The van der Waals surface area contributed by atoms with Crippen LogP contribution in [0.25, 0.3) is 0 Å². The van der Waals surface area contributed by atoms with E-state index in [4.69, 9.17) is 9.47 Å². The second-order valence-electron chi connectivity index (χ2n) is 10.1. The summed E-state index contributed by atoms with van der Waals surface area (Å²) in [6.45, 7) is 5.68. The third-order valence-corrected chi connectivity index (χ3v) is 7.93. The third kappa shape index (κ3) is 6.41. The Bertz CT molecular complexity index is 899. The van der Waals surface area contributed by atoms with Crippen molar-refractivity contribution in [3.63, 3.8) is 0 Å². The van der Waals surface area contributed by atoms with Crippen molar-refractivity contribution in [2.75, 3.05) is 33.4 Å². The normalized spacial score (nSPS) is 19.0. The Morgan fingerprint density at radius 1 is 0.941 bits per heavy atom. The maximum absolute atomic E-state index is 11.6. The predicted octanol–water partition coefficient (Wildman–Crippen LogP) is 6.74. The molecule has 1 saturated carbocycles. The highest BCUT2D eigenvalue weighted by molar-refractivity contribution is 5.94. The van der Waals surface area contributed by atoms with Gasteiger partial charge in [0.15, 0.2) is 17.3 Å². The molecule has 0 amide bonds. The number of hydrogen-bond donors (Lipinski definition) is 0. The molecular weight excluding hydrogens is 422 g/mol. The molecule has 0 spiro atoms. The lowest BCUT2D eigenvalue weighted by molar-refractivity contribution is 0.101. The third-order valence-electron chi connectivity index (χ3n) is 7.93. The summed E-state index contributed by atoms with van der Waals surface area (Å²) in [5, 5.41) is 0. The summed E-state index contributed by atoms with van der Waals surface area (Å²) in [6, 6.07) is 16.8. The number of ether oxygens (including phenoxy) is 2. The highest BCUT2D eigenvalue weighted by Gasteiger charge is 2.33. The molecular formula is C30H41NO3. The van der Waals surface area contributed by atoms with Gasteiger partial charge < -0.3 is 14.4 Å². The molecule has 1 aliphatic carbocycles. The van der Waals surface area contributed by atoms with E-state index in [1.165, 1.54) is 58.0 Å². The number of carbonyl (C=O) groups is 1. The predicted molar refractivity (Wildman–Crippen MR) is 138 cm³/mol. The van der Waals surface area contributed by atoms with Crippen LogP contribution in [0, 0.1) is 11.8 Å². The zero-order valence-corrected chi connectivity index (χ0v) is 21.0. The molecule has 2 aliphatic rings. The number of methoxy groups -OCH3 is 1. The van der Waals surface area contributed by atoms with Crippen molar-refractivity contribution >= 4 is 5.78 Å². The number of benzene rings is 2. The molecule has 4 nitrogen and oxygen atoms in total. The van der Waals surface area contributed by atoms with Crippen LogP contribution >= 0.6 is 0 Å². The van der Waals surface area contributed by atoms with Crippen LogP contribution < -0.4 is 9.47 Å². The van der Waals surface area contributed by atoms with Crippen LogP contribution in [0.2, 0.25) is 0 Å². The van der Waals surface area contributed by atoms with E-state index in [2.05, 4.69) is 35.2 Å². The van der Waals surface area contributed by atoms with E-state index in [1.807, 2.05) is 6.07 Å². The van der Waals surface area contributed by atoms with Gasteiger partial charge >= 0.3 is 0 Å². The minimum absolute atomic E-state index is 0.0336. The van der Waals surface area contributed by atoms with Crippen LogP contribution in [-0.4, -0.2) is 44.0 Å². The maximum atomic E-state index is 11.6. The lowest BCUT2D eigenvalue weighted by Crippen LogP contribution is -2.38. The number of piperidine rings is 1. The molecule has 1 saturated heterocycles. The molecule has 1 aliphatic heterocycles. The van der Waals surface area contributed by atoms with E-state index in [1.54, 1.807) is 31.7 Å². The summed E-state index contributed by atoms with van der Waals surface area (Å²) >= 11 is 0. The Morgan fingerprint density at radius 3 is 2.32 bits per heavy atom. The Morgan fingerprint density at radius 2 is 1.65 bits per heavy atom. The fourth-order valence-corrected chi connectivity index (χ4v) is 6.11. The van der Waals surface area contributed by atoms with E-state index in [0.717, 1.165) is 30.7 Å². The highest BCUT2D eigenvalue weighted by atomic mass is 16.5. The Hall–Kier alpha value is -2.33. The molecule has 0 radical (unpaired) electrons. The van der Waals surface area contributed by atoms with Crippen molar-refractivity contribution in [1.82, 2.24) is 4.90 Å². The van der Waals surface area contributed by atoms with Crippen LogP contribution in [0.15, 0.2) is 48.5 Å². The van der Waals surface area contributed by atoms with Gasteiger partial charge in [-0.1, -0.05) is 49.6 Å². The SMILES string of the molecule is COc1cc(C(C)=O)ccc1OCCCN1CCC(C(c2ccccc2)C2CCCCC2)CC1. The lowest BCUT2D eigenvalue weighted by atomic mass is 9.68. The van der Waals surface area contributed by atoms with Crippen molar-refractivity contribution in [2.24, 2.45) is 11.8 Å². The van der Waals surface area contributed by atoms with E-state index in [-0.39, 0.29) is 5.78 Å². The molecule has 1 unspecified atom stereocenters. The first-order valence-electron chi connectivity index (χ1n) is 13.2. The number of likely N-dealkylation sites (tertiary alicyclic amines) is 1. The fraction of sp³-hybridized carbons (Fsp3) is 0.567. The zero-order chi connectivity index (χ0) is 23.8. The Balaban J connectivity index is 1.25. The minimum atomic E-state index is 0.0336. The van der Waals surface area contributed by atoms with Crippen LogP contribution in [-0.2, 0) is 0 Å². The number of carbonyl (C=O) groups excluding carboxylic acids is 1. The summed E-state index contributed by atoms with van der Waals surface area (Å²) in [6.07, 6.45) is 10.7. The van der Waals surface area contributed by atoms with E-state index in [0.29, 0.717) is 23.7 Å². The summed E-state index contributed by atoms with van der Waals surface area (Å²) in [7, 11) is 1.62. The van der Waals surface area contributed by atoms with Crippen molar-refractivity contribution in [2.45, 2.75) is 64.2 Å². The van der Waals surface area contributed by atoms with Crippen molar-refractivity contribution < 1.29 is 14.3 Å². The molecule has 4 rings (SSSR count). The van der Waals surface area contributed by atoms with Gasteiger partial charge in [-0.25, -0.2) is 0 Å². The number of nitrogens with zero attached hydrogens (tertiary/aromatic N) is 1. The van der Waals surface area contributed by atoms with E-state index in [9.17, 15) is 4.79 Å². The summed E-state index contributed by atoms with van der Waals surface area (Å²) in [4.78, 5) is 14.2. The van der Waals surface area contributed by atoms with Gasteiger partial charge in [0.25, 0.3) is 0 Å². The molecule has 1 heterocycles. The first-order valence-corrected chi connectivity index (χ1v) is 13.2. The summed E-state index contributed by atoms with van der Waals surface area (Å²) in [5.74, 6) is 3.78. The number of Topliss-reactive ketones (excluding diaryl/α,β-unsaturated/α-hetero) is 1. The summed E-state index contributed by atoms with van der Waals surface area (Å²) in [5.41, 5.74) is 2.22. The Labute approximate surface area is 205 Å². The topological polar surface area (TPSA) is 38.8 Å². The smallest absolute Gasteiger partial charge is 0.161 e. The van der Waals surface area contributed by atoms with E-state index < -0.39 is 0 Å². The Kier molecular flexibility index (Phi) is 9.04. The molecule has 184 valence electrons. The second kappa shape index (κ2) is 12.4. The molecule has 0 bridgehead atoms. The van der Waals surface area contributed by atoms with Crippen LogP contribution in [0.1, 0.15) is 80.1 Å². The fourth-order valence-electron chi connectivity index (χ4n) is 6.11. The van der Waals surface area contributed by atoms with Crippen molar-refractivity contribution in [1.29, 1.82) is 0 Å². The van der Waals surface area contributed by atoms with Gasteiger partial charge in [-0.15, -0.1) is 0 Å². The average molecular weight is 464 g/mol. The monoisotopic (exact) mass is 463 g/mol. The summed E-state index contributed by atoms with van der Waals surface area (Å²) < 4.78 is 11.4. The minimum Gasteiger partial charge on any atom is -0.493 e. The van der Waals surface area contributed by atoms with Gasteiger partial charge in [-0.2, -0.15) is 0 Å². The van der Waals surface area contributed by atoms with Gasteiger partial charge in [-0.3, -0.25) is 4.79 Å². The second-order valence-corrected chi connectivity index (χ2v) is 10.1. The van der Waals surface area contributed by atoms with E-state index >= 15 is 0 Å². The molecule has 4 heteroatoms. The highest BCUT2D eigenvalue weighted by Crippen LogP contribution is 2.44. The number of rotatable bonds is 10. The van der Waals surface area contributed by atoms with Crippen LogP contribution in [0.5, 0.6) is 11.5 Å². The molecule has 0 aromatic heterocycles. The molecule has 0 N–H and O–H groups in total. The zero-order valence-electron chi connectivity index (χ0n) is 21.0. The lowest BCUT2D eigenvalue weighted by Gasteiger charge is -2.41. The largest absolute Gasteiger partial charge is 0.493 e. The molecule has 2 fully saturated rings. The number of ketones is 1. The molecule has 1 atom stereocenters. The molecule has 34 heavy (non-hydrogen) atoms. The van der Waals surface area contributed by atoms with Gasteiger partial charge in [0.1, 0.15) is 0 Å². The maximum Gasteiger partial charge on any atom is 0.161 e. The molecule has 2 aromatic carbocycles. The first kappa shape index (κ1) is 24.8. The molecule has 2 aromatic rings. The van der Waals surface area contributed by atoms with Gasteiger partial charge in [0, 0.05) is 12.1 Å². The van der Waals surface area contributed by atoms with Gasteiger partial charge in [0.05, 0.1) is 13.7 Å². The van der Waals surface area contributed by atoms with Crippen molar-refractivity contribution in [3.05, 3.63) is 59.7 Å². The quantitative estimate of drug-likeness (QED) is 0.289. The van der Waals surface area contributed by atoms with Crippen LogP contribution in [0.4, 0.5) is 0 Å². The van der Waals surface area contributed by atoms with Crippen molar-refractivity contribution in [3.8, 4) is 11.5 Å². The number of hydrogen-bond acceptors (Lipinski definition) is 4. The first-order chi connectivity index (χ1) is 16.7. The average Bonchev–Trinajstić information content (AvgIpc) is 2.89. The van der Waals surface area contributed by atoms with Crippen LogP contribution in [0.3, 0.4) is 0 Å².